The zero-order chi connectivity index (χ0) is 13.5. The van der Waals surface area contributed by atoms with Crippen molar-refractivity contribution in [2.24, 2.45) is 5.92 Å². The van der Waals surface area contributed by atoms with Gasteiger partial charge in [0.25, 0.3) is 0 Å². The molecule has 1 aromatic rings. The van der Waals surface area contributed by atoms with Gasteiger partial charge in [-0.2, -0.15) is 0 Å². The topological polar surface area (TPSA) is 21.3 Å². The molecule has 0 aliphatic carbocycles. The van der Waals surface area contributed by atoms with Gasteiger partial charge >= 0.3 is 0 Å². The fourth-order valence-electron chi connectivity index (χ4n) is 1.53. The molecule has 0 heterocycles. The maximum absolute atomic E-state index is 5.88. The lowest BCUT2D eigenvalue weighted by molar-refractivity contribution is 0.215. The summed E-state index contributed by atoms with van der Waals surface area (Å²) in [6, 6.07) is 5.95. The van der Waals surface area contributed by atoms with E-state index in [4.69, 9.17) is 4.74 Å². The Hall–Kier alpha value is -0.0600. The zero-order valence-corrected chi connectivity index (χ0v) is 14.3. The highest BCUT2D eigenvalue weighted by atomic mass is 79.9. The Kier molecular flexibility index (Phi) is 7.27. The Morgan fingerprint density at radius 1 is 1.22 bits per heavy atom. The van der Waals surface area contributed by atoms with E-state index in [0.29, 0.717) is 0 Å². The van der Waals surface area contributed by atoms with Gasteiger partial charge in [0, 0.05) is 11.0 Å². The van der Waals surface area contributed by atoms with Gasteiger partial charge in [-0.15, -0.1) is 0 Å². The van der Waals surface area contributed by atoms with Crippen molar-refractivity contribution in [1.82, 2.24) is 5.32 Å². The van der Waals surface area contributed by atoms with Gasteiger partial charge in [-0.1, -0.05) is 29.8 Å². The van der Waals surface area contributed by atoms with Gasteiger partial charge in [-0.25, -0.2) is 0 Å². The van der Waals surface area contributed by atoms with Crippen molar-refractivity contribution in [3.63, 3.8) is 0 Å². The Balaban J connectivity index is 2.33. The average Bonchev–Trinajstić information content (AvgIpc) is 2.28. The summed E-state index contributed by atoms with van der Waals surface area (Å²) in [7, 11) is 0. The fourth-order valence-corrected chi connectivity index (χ4v) is 2.67. The second-order valence-electron chi connectivity index (χ2n) is 4.89. The van der Waals surface area contributed by atoms with Crippen LogP contribution in [0.15, 0.2) is 27.1 Å². The molecule has 0 amide bonds. The molecule has 0 aliphatic rings. The van der Waals surface area contributed by atoms with Crippen LogP contribution in [0.25, 0.3) is 0 Å². The summed E-state index contributed by atoms with van der Waals surface area (Å²) in [5, 5.41) is 3.42. The van der Waals surface area contributed by atoms with Crippen LogP contribution in [-0.2, 0) is 0 Å². The number of hydrogen-bond acceptors (Lipinski definition) is 2. The largest absolute Gasteiger partial charge is 0.488 e. The van der Waals surface area contributed by atoms with E-state index in [1.54, 1.807) is 0 Å². The lowest BCUT2D eigenvalue weighted by Gasteiger charge is -2.17. The molecule has 0 aliphatic heterocycles. The summed E-state index contributed by atoms with van der Waals surface area (Å²) >= 11 is 6.93. The molecule has 1 N–H and O–H groups in total. The van der Waals surface area contributed by atoms with Crippen LogP contribution < -0.4 is 10.1 Å². The third-order valence-corrected chi connectivity index (χ3v) is 3.67. The van der Waals surface area contributed by atoms with E-state index in [0.717, 1.165) is 33.7 Å². The molecular weight excluding hydrogens is 358 g/mol. The van der Waals surface area contributed by atoms with Crippen molar-refractivity contribution in [1.29, 1.82) is 0 Å². The zero-order valence-electron chi connectivity index (χ0n) is 11.2. The van der Waals surface area contributed by atoms with Gasteiger partial charge in [0.15, 0.2) is 0 Å². The lowest BCUT2D eigenvalue weighted by Crippen LogP contribution is -2.30. The molecule has 4 heteroatoms. The quantitative estimate of drug-likeness (QED) is 0.699. The van der Waals surface area contributed by atoms with Crippen LogP contribution in [-0.4, -0.2) is 19.2 Å². The van der Waals surface area contributed by atoms with E-state index < -0.39 is 0 Å². The molecule has 1 unspecified atom stereocenters. The molecule has 1 rings (SSSR count). The monoisotopic (exact) mass is 377 g/mol. The summed E-state index contributed by atoms with van der Waals surface area (Å²) in [6.07, 6.45) is 1.36. The van der Waals surface area contributed by atoms with Gasteiger partial charge in [0.1, 0.15) is 11.9 Å². The Morgan fingerprint density at radius 3 is 2.56 bits per heavy atom. The van der Waals surface area contributed by atoms with Crippen LogP contribution in [0, 0.1) is 5.92 Å². The van der Waals surface area contributed by atoms with E-state index in [1.807, 2.05) is 18.2 Å². The van der Waals surface area contributed by atoms with Crippen molar-refractivity contribution >= 4 is 31.9 Å². The summed E-state index contributed by atoms with van der Waals surface area (Å²) in [5.41, 5.74) is 0. The average molecular weight is 379 g/mol. The minimum Gasteiger partial charge on any atom is -0.488 e. The number of nitrogens with one attached hydrogen (secondary N) is 1. The first-order valence-corrected chi connectivity index (χ1v) is 7.90. The van der Waals surface area contributed by atoms with Crippen LogP contribution >= 0.6 is 31.9 Å². The Bertz CT molecular complexity index is 369. The van der Waals surface area contributed by atoms with Crippen molar-refractivity contribution in [2.75, 3.05) is 13.1 Å². The van der Waals surface area contributed by atoms with Gasteiger partial charge in [0.05, 0.1) is 4.47 Å². The second kappa shape index (κ2) is 8.18. The van der Waals surface area contributed by atoms with Crippen molar-refractivity contribution in [2.45, 2.75) is 33.3 Å². The summed E-state index contributed by atoms with van der Waals surface area (Å²) in [5.74, 6) is 1.63. The molecule has 0 aromatic heterocycles. The van der Waals surface area contributed by atoms with E-state index in [-0.39, 0.29) is 6.10 Å². The third kappa shape index (κ3) is 6.21. The molecule has 18 heavy (non-hydrogen) atoms. The SMILES string of the molecule is CC(C)CCNCC(C)Oc1ccc(Br)cc1Br. The Morgan fingerprint density at radius 2 is 1.94 bits per heavy atom. The first kappa shape index (κ1) is 16.0. The highest BCUT2D eigenvalue weighted by Gasteiger charge is 2.07. The van der Waals surface area contributed by atoms with Crippen LogP contribution in [0.3, 0.4) is 0 Å². The van der Waals surface area contributed by atoms with Gasteiger partial charge < -0.3 is 10.1 Å². The molecule has 0 fully saturated rings. The van der Waals surface area contributed by atoms with E-state index in [9.17, 15) is 0 Å². The molecule has 1 atom stereocenters. The van der Waals surface area contributed by atoms with E-state index in [1.165, 1.54) is 6.42 Å². The minimum absolute atomic E-state index is 0.162. The second-order valence-corrected chi connectivity index (χ2v) is 6.66. The van der Waals surface area contributed by atoms with Crippen LogP contribution in [0.5, 0.6) is 5.75 Å². The number of benzene rings is 1. The molecular formula is C14H21Br2NO. The Labute approximate surface area is 127 Å². The van der Waals surface area contributed by atoms with Crippen molar-refractivity contribution < 1.29 is 4.74 Å². The maximum atomic E-state index is 5.88. The predicted octanol–water partition coefficient (Wildman–Crippen LogP) is 4.61. The van der Waals surface area contributed by atoms with E-state index in [2.05, 4.69) is 57.9 Å². The summed E-state index contributed by atoms with van der Waals surface area (Å²) < 4.78 is 7.90. The standard InChI is InChI=1S/C14H21Br2NO/c1-10(2)6-7-17-9-11(3)18-14-5-4-12(15)8-13(14)16/h4-5,8,10-11,17H,6-7,9H2,1-3H3. The van der Waals surface area contributed by atoms with Crippen molar-refractivity contribution in [3.05, 3.63) is 27.1 Å². The third-order valence-electron chi connectivity index (χ3n) is 2.55. The molecule has 2 nitrogen and oxygen atoms in total. The van der Waals surface area contributed by atoms with Crippen molar-refractivity contribution in [3.8, 4) is 5.75 Å². The smallest absolute Gasteiger partial charge is 0.134 e. The first-order valence-electron chi connectivity index (χ1n) is 6.31. The highest BCUT2D eigenvalue weighted by Crippen LogP contribution is 2.28. The normalized spacial score (nSPS) is 12.8. The minimum atomic E-state index is 0.162. The predicted molar refractivity (Wildman–Crippen MR) is 84.3 cm³/mol. The van der Waals surface area contributed by atoms with E-state index >= 15 is 0 Å². The summed E-state index contributed by atoms with van der Waals surface area (Å²) in [4.78, 5) is 0. The highest BCUT2D eigenvalue weighted by molar-refractivity contribution is 9.11. The first-order chi connectivity index (χ1) is 8.49. The van der Waals surface area contributed by atoms with Crippen LogP contribution in [0.1, 0.15) is 27.2 Å². The molecule has 0 radical (unpaired) electrons. The number of rotatable bonds is 7. The van der Waals surface area contributed by atoms with Gasteiger partial charge in [-0.05, 0) is 59.9 Å². The van der Waals surface area contributed by atoms with Gasteiger partial charge in [-0.3, -0.25) is 0 Å². The van der Waals surface area contributed by atoms with Crippen LogP contribution in [0.4, 0.5) is 0 Å². The summed E-state index contributed by atoms with van der Waals surface area (Å²) in [6.45, 7) is 8.47. The van der Waals surface area contributed by atoms with Gasteiger partial charge in [0.2, 0.25) is 0 Å². The molecule has 0 spiro atoms. The molecule has 0 saturated heterocycles. The fraction of sp³-hybridized carbons (Fsp3) is 0.571. The molecule has 0 saturated carbocycles. The molecule has 1 aromatic carbocycles. The number of ether oxygens (including phenoxy) is 1. The number of hydrogen-bond donors (Lipinski definition) is 1. The number of halogens is 2. The maximum Gasteiger partial charge on any atom is 0.134 e. The molecule has 102 valence electrons. The lowest BCUT2D eigenvalue weighted by atomic mass is 10.1. The van der Waals surface area contributed by atoms with Crippen LogP contribution in [0.2, 0.25) is 0 Å². The molecule has 0 bridgehead atoms.